The molecule has 0 amide bonds. The highest BCUT2D eigenvalue weighted by Gasteiger charge is 2.39. The molecule has 6 heteroatoms. The molecule has 0 aliphatic heterocycles. The van der Waals surface area contributed by atoms with E-state index >= 15 is 0 Å². The van der Waals surface area contributed by atoms with Crippen molar-refractivity contribution in [2.45, 2.75) is 50.7 Å². The molecular weight excluding hydrogens is 326 g/mol. The molecule has 0 saturated carbocycles. The third-order valence-electron chi connectivity index (χ3n) is 3.90. The molecule has 4 nitrogen and oxygen atoms in total. The van der Waals surface area contributed by atoms with E-state index in [1.807, 2.05) is 12.1 Å². The molecule has 1 aromatic carbocycles. The van der Waals surface area contributed by atoms with Crippen LogP contribution >= 0.6 is 11.8 Å². The molecule has 0 bridgehead atoms. The number of thioether (sulfide) groups is 1. The van der Waals surface area contributed by atoms with E-state index in [4.69, 9.17) is 9.16 Å². The molecular formula is C17H25NO3SSi. The van der Waals surface area contributed by atoms with Crippen LogP contribution in [0, 0.1) is 11.3 Å². The highest BCUT2D eigenvalue weighted by Crippen LogP contribution is 2.38. The van der Waals surface area contributed by atoms with E-state index in [0.717, 1.165) is 4.90 Å². The summed E-state index contributed by atoms with van der Waals surface area (Å²) in [7, 11) is -1.99. The number of nitriles is 1. The van der Waals surface area contributed by atoms with Gasteiger partial charge in [-0.15, -0.1) is 11.8 Å². The third-order valence-corrected chi connectivity index (χ3v) is 9.21. The van der Waals surface area contributed by atoms with Crippen molar-refractivity contribution in [3.63, 3.8) is 0 Å². The maximum atomic E-state index is 11.4. The van der Waals surface area contributed by atoms with Gasteiger partial charge in [0.1, 0.15) is 11.8 Å². The number of carbonyl (C=O) groups excluding carboxylic acids is 1. The molecule has 0 atom stereocenters. The molecule has 0 radical (unpaired) electrons. The predicted octanol–water partition coefficient (Wildman–Crippen LogP) is 4.60. The Morgan fingerprint density at radius 1 is 1.35 bits per heavy atom. The van der Waals surface area contributed by atoms with Crippen LogP contribution in [0.3, 0.4) is 0 Å². The smallest absolute Gasteiger partial charge is 0.316 e. The van der Waals surface area contributed by atoms with E-state index in [-0.39, 0.29) is 16.8 Å². The zero-order valence-corrected chi connectivity index (χ0v) is 16.5. The van der Waals surface area contributed by atoms with Crippen LogP contribution in [0.5, 0.6) is 5.75 Å². The number of carbonyl (C=O) groups is 1. The van der Waals surface area contributed by atoms with Gasteiger partial charge in [-0.2, -0.15) is 5.26 Å². The van der Waals surface area contributed by atoms with E-state index in [1.165, 1.54) is 11.8 Å². The number of esters is 1. The summed E-state index contributed by atoms with van der Waals surface area (Å²) < 4.78 is 11.1. The first-order valence-corrected chi connectivity index (χ1v) is 11.5. The topological polar surface area (TPSA) is 59.3 Å². The van der Waals surface area contributed by atoms with E-state index in [2.05, 4.69) is 39.9 Å². The molecule has 0 heterocycles. The fraction of sp³-hybridized carbons (Fsp3) is 0.529. The van der Waals surface area contributed by atoms with Gasteiger partial charge in [0.25, 0.3) is 8.32 Å². The molecule has 0 fully saturated rings. The summed E-state index contributed by atoms with van der Waals surface area (Å²) in [6.45, 7) is 12.9. The van der Waals surface area contributed by atoms with Gasteiger partial charge >= 0.3 is 5.97 Å². The Kier molecular flexibility index (Phi) is 6.72. The van der Waals surface area contributed by atoms with E-state index in [9.17, 15) is 10.1 Å². The van der Waals surface area contributed by atoms with Crippen LogP contribution < -0.4 is 4.43 Å². The van der Waals surface area contributed by atoms with Gasteiger partial charge in [-0.3, -0.25) is 4.79 Å². The van der Waals surface area contributed by atoms with Crippen LogP contribution in [0.25, 0.3) is 0 Å². The average Bonchev–Trinajstić information content (AvgIpc) is 2.45. The molecule has 126 valence electrons. The molecule has 0 N–H and O–H groups in total. The fourth-order valence-corrected chi connectivity index (χ4v) is 3.32. The second-order valence-corrected chi connectivity index (χ2v) is 12.5. The standard InChI is InChI=1S/C17H25NO3SSi/c1-7-20-16(19)12-22-14-8-9-15(13(10-14)11-18)21-23(5,6)17(2,3)4/h8-10H,7,12H2,1-6H3. The SMILES string of the molecule is CCOC(=O)CSc1ccc(O[Si](C)(C)C(C)(C)C)c(C#N)c1. The summed E-state index contributed by atoms with van der Waals surface area (Å²) in [6.07, 6.45) is 0. The van der Waals surface area contributed by atoms with Crippen LogP contribution in [0.4, 0.5) is 0 Å². The molecule has 23 heavy (non-hydrogen) atoms. The Hall–Kier alpha value is -1.45. The summed E-state index contributed by atoms with van der Waals surface area (Å²) >= 11 is 1.36. The lowest BCUT2D eigenvalue weighted by Crippen LogP contribution is -2.44. The van der Waals surface area contributed by atoms with Crippen LogP contribution in [0.1, 0.15) is 33.3 Å². The fourth-order valence-electron chi connectivity index (χ4n) is 1.55. The first kappa shape index (κ1) is 19.6. The van der Waals surface area contributed by atoms with Gasteiger partial charge in [0.15, 0.2) is 0 Å². The predicted molar refractivity (Wildman–Crippen MR) is 96.3 cm³/mol. The highest BCUT2D eigenvalue weighted by atomic mass is 32.2. The Morgan fingerprint density at radius 3 is 2.52 bits per heavy atom. The normalized spacial score (nSPS) is 11.7. The number of nitrogens with zero attached hydrogens (tertiary/aromatic N) is 1. The maximum absolute atomic E-state index is 11.4. The van der Waals surface area contributed by atoms with Gasteiger partial charge in [0, 0.05) is 4.90 Å². The van der Waals surface area contributed by atoms with Gasteiger partial charge < -0.3 is 9.16 Å². The van der Waals surface area contributed by atoms with Crippen molar-refractivity contribution in [1.82, 2.24) is 0 Å². The van der Waals surface area contributed by atoms with E-state index in [1.54, 1.807) is 13.0 Å². The summed E-state index contributed by atoms with van der Waals surface area (Å²) in [5.74, 6) is 0.610. The minimum Gasteiger partial charge on any atom is -0.543 e. The van der Waals surface area contributed by atoms with Crippen molar-refractivity contribution in [2.24, 2.45) is 0 Å². The Balaban J connectivity index is 2.89. The minimum absolute atomic E-state index is 0.0665. The first-order chi connectivity index (χ1) is 10.6. The molecule has 0 unspecified atom stereocenters. The first-order valence-electron chi connectivity index (χ1n) is 7.62. The molecule has 0 aromatic heterocycles. The zero-order valence-electron chi connectivity index (χ0n) is 14.7. The van der Waals surface area contributed by atoms with E-state index in [0.29, 0.717) is 17.9 Å². The summed E-state index contributed by atoms with van der Waals surface area (Å²) in [6, 6.07) is 7.67. The minimum atomic E-state index is -1.99. The molecule has 0 saturated heterocycles. The quantitative estimate of drug-likeness (QED) is 0.426. The molecule has 1 rings (SSSR count). The lowest BCUT2D eigenvalue weighted by Gasteiger charge is -2.36. The van der Waals surface area contributed by atoms with Gasteiger partial charge in [-0.25, -0.2) is 0 Å². The lowest BCUT2D eigenvalue weighted by atomic mass is 10.2. The summed E-state index contributed by atoms with van der Waals surface area (Å²) in [5, 5.41) is 9.46. The lowest BCUT2D eigenvalue weighted by molar-refractivity contribution is -0.139. The van der Waals surface area contributed by atoms with Crippen molar-refractivity contribution in [3.8, 4) is 11.8 Å². The average molecular weight is 352 g/mol. The second kappa shape index (κ2) is 7.89. The number of ether oxygens (including phenoxy) is 1. The Bertz CT molecular complexity index is 603. The number of rotatable bonds is 6. The number of benzene rings is 1. The van der Waals surface area contributed by atoms with Crippen molar-refractivity contribution >= 4 is 26.0 Å². The van der Waals surface area contributed by atoms with Crippen molar-refractivity contribution in [2.75, 3.05) is 12.4 Å². The molecule has 0 aliphatic rings. The Labute approximate surface area is 144 Å². The van der Waals surface area contributed by atoms with Crippen molar-refractivity contribution in [1.29, 1.82) is 5.26 Å². The van der Waals surface area contributed by atoms with Crippen LogP contribution in [0.15, 0.2) is 23.1 Å². The highest BCUT2D eigenvalue weighted by molar-refractivity contribution is 8.00. The molecule has 1 aromatic rings. The van der Waals surface area contributed by atoms with Gasteiger partial charge in [0.2, 0.25) is 0 Å². The van der Waals surface area contributed by atoms with Gasteiger partial charge in [-0.1, -0.05) is 20.8 Å². The monoisotopic (exact) mass is 351 g/mol. The summed E-state index contributed by atoms with van der Waals surface area (Å²) in [4.78, 5) is 12.3. The second-order valence-electron chi connectivity index (χ2n) is 6.73. The zero-order chi connectivity index (χ0) is 17.7. The van der Waals surface area contributed by atoms with Crippen LogP contribution in [-0.2, 0) is 9.53 Å². The van der Waals surface area contributed by atoms with Gasteiger partial charge in [-0.05, 0) is 43.3 Å². The third kappa shape index (κ3) is 5.59. The van der Waals surface area contributed by atoms with E-state index < -0.39 is 8.32 Å². The molecule has 0 aliphatic carbocycles. The Morgan fingerprint density at radius 2 is 2.00 bits per heavy atom. The summed E-state index contributed by atoms with van der Waals surface area (Å²) in [5.41, 5.74) is 0.503. The number of hydrogen-bond acceptors (Lipinski definition) is 5. The number of hydrogen-bond donors (Lipinski definition) is 0. The largest absolute Gasteiger partial charge is 0.543 e. The van der Waals surface area contributed by atoms with Crippen LogP contribution in [0.2, 0.25) is 18.1 Å². The van der Waals surface area contributed by atoms with Crippen molar-refractivity contribution < 1.29 is 14.0 Å². The van der Waals surface area contributed by atoms with Crippen molar-refractivity contribution in [3.05, 3.63) is 23.8 Å². The maximum Gasteiger partial charge on any atom is 0.316 e. The van der Waals surface area contributed by atoms with Gasteiger partial charge in [0.05, 0.1) is 17.9 Å². The molecule has 0 spiro atoms. The van der Waals surface area contributed by atoms with Crippen LogP contribution in [-0.4, -0.2) is 26.6 Å².